The summed E-state index contributed by atoms with van der Waals surface area (Å²) in [6.07, 6.45) is 0. The molecule has 12 rings (SSSR count). The van der Waals surface area contributed by atoms with Gasteiger partial charge in [-0.15, -0.1) is 11.3 Å². The molecule has 240 valence electrons. The van der Waals surface area contributed by atoms with Crippen molar-refractivity contribution in [3.63, 3.8) is 0 Å². The minimum Gasteiger partial charge on any atom is -0.278 e. The summed E-state index contributed by atoms with van der Waals surface area (Å²) in [4.78, 5) is 11.2. The van der Waals surface area contributed by atoms with Crippen molar-refractivity contribution in [3.8, 4) is 17.2 Å². The van der Waals surface area contributed by atoms with Gasteiger partial charge in [0, 0.05) is 52.7 Å². The summed E-state index contributed by atoms with van der Waals surface area (Å²) in [6, 6.07) is 59.3. The number of rotatable bonds is 2. The Morgan fingerprint density at radius 2 is 1.08 bits per heavy atom. The first kappa shape index (κ1) is 28.1. The molecule has 0 N–H and O–H groups in total. The Morgan fingerprint density at radius 1 is 0.404 bits per heavy atom. The third-order valence-corrected chi connectivity index (χ3v) is 12.2. The first-order valence-corrected chi connectivity index (χ1v) is 18.5. The van der Waals surface area contributed by atoms with Crippen molar-refractivity contribution in [1.29, 1.82) is 0 Å². The number of benzene rings is 9. The van der Waals surface area contributed by atoms with Gasteiger partial charge >= 0.3 is 0 Å². The van der Waals surface area contributed by atoms with Crippen molar-refractivity contribution in [2.45, 2.75) is 0 Å². The third kappa shape index (κ3) is 3.79. The lowest BCUT2D eigenvalue weighted by atomic mass is 9.93. The van der Waals surface area contributed by atoms with Crippen molar-refractivity contribution < 1.29 is 0 Å². The van der Waals surface area contributed by atoms with E-state index >= 15 is 0 Å². The zero-order valence-electron chi connectivity index (χ0n) is 27.8. The Morgan fingerprint density at radius 3 is 1.94 bits per heavy atom. The van der Waals surface area contributed by atoms with Gasteiger partial charge in [0.15, 0.2) is 0 Å². The number of nitrogens with zero attached hydrogens (tertiary/aromatic N) is 3. The molecular weight excluding hydrogens is 651 g/mol. The predicted octanol–water partition coefficient (Wildman–Crippen LogP) is 13.4. The second kappa shape index (κ2) is 10.5. The molecule has 0 unspecified atom stereocenters. The third-order valence-electron chi connectivity index (χ3n) is 11.0. The van der Waals surface area contributed by atoms with Crippen LogP contribution >= 0.6 is 11.3 Å². The van der Waals surface area contributed by atoms with Crippen molar-refractivity contribution in [1.82, 2.24) is 14.5 Å². The van der Waals surface area contributed by atoms with E-state index in [1.165, 1.54) is 63.3 Å². The van der Waals surface area contributed by atoms with Gasteiger partial charge in [-0.3, -0.25) is 4.57 Å². The Balaban J connectivity index is 1.28. The van der Waals surface area contributed by atoms with E-state index in [4.69, 9.17) is 9.97 Å². The Hall–Kier alpha value is -6.62. The predicted molar refractivity (Wildman–Crippen MR) is 222 cm³/mol. The van der Waals surface area contributed by atoms with Crippen molar-refractivity contribution >= 4 is 107 Å². The fraction of sp³-hybridized carbons (Fsp3) is 0. The second-order valence-corrected chi connectivity index (χ2v) is 14.7. The van der Waals surface area contributed by atoms with Gasteiger partial charge in [0.25, 0.3) is 0 Å². The van der Waals surface area contributed by atoms with E-state index in [9.17, 15) is 0 Å². The summed E-state index contributed by atoms with van der Waals surface area (Å²) >= 11 is 1.87. The topological polar surface area (TPSA) is 30.7 Å². The lowest BCUT2D eigenvalue weighted by molar-refractivity contribution is 1.02. The molecule has 9 aromatic carbocycles. The first-order chi connectivity index (χ1) is 25.8. The number of hydrogen-bond donors (Lipinski definition) is 0. The van der Waals surface area contributed by atoms with Gasteiger partial charge in [-0.1, -0.05) is 140 Å². The molecule has 4 heteroatoms. The van der Waals surface area contributed by atoms with E-state index in [1.807, 2.05) is 11.3 Å². The highest BCUT2D eigenvalue weighted by Crippen LogP contribution is 2.44. The molecule has 0 saturated heterocycles. The van der Waals surface area contributed by atoms with Gasteiger partial charge < -0.3 is 0 Å². The molecule has 0 saturated carbocycles. The van der Waals surface area contributed by atoms with Crippen molar-refractivity contribution in [3.05, 3.63) is 164 Å². The van der Waals surface area contributed by atoms with E-state index in [0.29, 0.717) is 5.95 Å². The average Bonchev–Trinajstić information content (AvgIpc) is 3.75. The summed E-state index contributed by atoms with van der Waals surface area (Å²) in [5.41, 5.74) is 5.20. The molecule has 0 atom stereocenters. The average molecular weight is 678 g/mol. The molecule has 3 nitrogen and oxygen atoms in total. The standard InChI is InChI=1S/C48H27N3S/c1-2-14-30-28(12-1)13-11-21-36(30)45-44-35-19-5-3-15-31(35)32-16-4-6-20-37(32)46(44)50-48(49-45)51-41-22-9-7-17-33(41)40-26-29-24-25-38-34-18-8-10-23-43(34)52-47(38)39(29)27-42(40)51/h1-27H. The molecule has 0 radical (unpaired) electrons. The number of thiophene rings is 1. The summed E-state index contributed by atoms with van der Waals surface area (Å²) < 4.78 is 4.92. The zero-order valence-corrected chi connectivity index (χ0v) is 28.7. The van der Waals surface area contributed by atoms with Crippen LogP contribution in [0.25, 0.3) is 113 Å². The van der Waals surface area contributed by atoms with E-state index in [0.717, 1.165) is 44.0 Å². The monoisotopic (exact) mass is 677 g/mol. The Kier molecular flexibility index (Phi) is 5.65. The molecule has 3 aromatic heterocycles. The van der Waals surface area contributed by atoms with Crippen LogP contribution in [0.3, 0.4) is 0 Å². The number of hydrogen-bond acceptors (Lipinski definition) is 3. The molecule has 0 aliphatic heterocycles. The van der Waals surface area contributed by atoms with Crippen LogP contribution in [0, 0.1) is 0 Å². The first-order valence-electron chi connectivity index (χ1n) is 17.7. The van der Waals surface area contributed by atoms with Crippen molar-refractivity contribution in [2.75, 3.05) is 0 Å². The van der Waals surface area contributed by atoms with Gasteiger partial charge in [0.1, 0.15) is 0 Å². The largest absolute Gasteiger partial charge is 0.278 e. The van der Waals surface area contributed by atoms with E-state index in [1.54, 1.807) is 0 Å². The van der Waals surface area contributed by atoms with Crippen LogP contribution < -0.4 is 0 Å². The maximum Gasteiger partial charge on any atom is 0.235 e. The van der Waals surface area contributed by atoms with Crippen LogP contribution in [0.15, 0.2) is 164 Å². The SMILES string of the molecule is c1ccc2c(-c3nc(-n4c5ccccc5c5cc6ccc7c8ccccc8sc7c6cc54)nc4c5ccccc5c5ccccc5c34)cccc2c1. The highest BCUT2D eigenvalue weighted by Gasteiger charge is 2.22. The fourth-order valence-corrected chi connectivity index (χ4v) is 9.90. The van der Waals surface area contributed by atoms with Crippen LogP contribution in [0.4, 0.5) is 0 Å². The lowest BCUT2D eigenvalue weighted by Crippen LogP contribution is -2.04. The van der Waals surface area contributed by atoms with Gasteiger partial charge in [-0.05, 0) is 56.6 Å². The van der Waals surface area contributed by atoms with Crippen LogP contribution in [-0.4, -0.2) is 14.5 Å². The van der Waals surface area contributed by atoms with E-state index in [2.05, 4.69) is 168 Å². The number of fused-ring (bicyclic) bond motifs is 15. The van der Waals surface area contributed by atoms with Crippen molar-refractivity contribution in [2.24, 2.45) is 0 Å². The highest BCUT2D eigenvalue weighted by molar-refractivity contribution is 7.26. The molecule has 0 spiro atoms. The van der Waals surface area contributed by atoms with Gasteiger partial charge in [0.05, 0.1) is 22.2 Å². The highest BCUT2D eigenvalue weighted by atomic mass is 32.1. The molecule has 12 aromatic rings. The number of aromatic nitrogens is 3. The van der Waals surface area contributed by atoms with E-state index in [-0.39, 0.29) is 0 Å². The van der Waals surface area contributed by atoms with E-state index < -0.39 is 0 Å². The Labute approximate surface area is 301 Å². The van der Waals surface area contributed by atoms with Crippen LogP contribution in [0.2, 0.25) is 0 Å². The normalized spacial score (nSPS) is 12.2. The molecule has 0 fully saturated rings. The maximum atomic E-state index is 5.65. The summed E-state index contributed by atoms with van der Waals surface area (Å²) in [7, 11) is 0. The van der Waals surface area contributed by atoms with Crippen LogP contribution in [-0.2, 0) is 0 Å². The maximum absolute atomic E-state index is 5.65. The van der Waals surface area contributed by atoms with Gasteiger partial charge in [-0.25, -0.2) is 9.97 Å². The molecule has 0 bridgehead atoms. The molecule has 52 heavy (non-hydrogen) atoms. The zero-order chi connectivity index (χ0) is 33.9. The smallest absolute Gasteiger partial charge is 0.235 e. The Bertz CT molecular complexity index is 3470. The van der Waals surface area contributed by atoms with Gasteiger partial charge in [0.2, 0.25) is 5.95 Å². The number of para-hydroxylation sites is 1. The molecule has 3 heterocycles. The fourth-order valence-electron chi connectivity index (χ4n) is 8.67. The quantitative estimate of drug-likeness (QED) is 0.171. The minimum atomic E-state index is 0.671. The summed E-state index contributed by atoms with van der Waals surface area (Å²) in [5.74, 6) is 0.671. The molecular formula is C48H27N3S. The second-order valence-electron chi connectivity index (χ2n) is 13.7. The lowest BCUT2D eigenvalue weighted by Gasteiger charge is -2.17. The molecule has 0 aliphatic carbocycles. The van der Waals surface area contributed by atoms with Gasteiger partial charge in [-0.2, -0.15) is 0 Å². The minimum absolute atomic E-state index is 0.671. The summed E-state index contributed by atoms with van der Waals surface area (Å²) in [6.45, 7) is 0. The molecule has 0 aliphatic rings. The van der Waals surface area contributed by atoms with Crippen LogP contribution in [0.5, 0.6) is 0 Å². The molecule has 0 amide bonds. The van der Waals surface area contributed by atoms with Crippen LogP contribution in [0.1, 0.15) is 0 Å². The summed E-state index contributed by atoms with van der Waals surface area (Å²) in [5, 5.41) is 15.6.